The number of thioether (sulfide) groups is 1. The lowest BCUT2D eigenvalue weighted by atomic mass is 9.89. The second-order valence-electron chi connectivity index (χ2n) is 7.40. The molecule has 0 fully saturated rings. The lowest BCUT2D eigenvalue weighted by molar-refractivity contribution is 0.0992. The maximum Gasteiger partial charge on any atom is 0.277 e. The monoisotopic (exact) mass is 395 g/mol. The Morgan fingerprint density at radius 1 is 1.04 bits per heavy atom. The summed E-state index contributed by atoms with van der Waals surface area (Å²) < 4.78 is 5.70. The Morgan fingerprint density at radius 3 is 2.46 bits per heavy atom. The Hall–Kier alpha value is -2.47. The Bertz CT molecular complexity index is 951. The molecule has 28 heavy (non-hydrogen) atoms. The van der Waals surface area contributed by atoms with Crippen LogP contribution in [0.3, 0.4) is 0 Å². The zero-order chi connectivity index (χ0) is 20.3. The number of ketones is 1. The van der Waals surface area contributed by atoms with Gasteiger partial charge in [-0.3, -0.25) is 9.78 Å². The predicted octanol–water partition coefficient (Wildman–Crippen LogP) is 5.74. The maximum atomic E-state index is 13.1. The molecular formula is C22H25N3O2S. The molecule has 0 N–H and O–H groups in total. The molecule has 3 rings (SSSR count). The van der Waals surface area contributed by atoms with Crippen molar-refractivity contribution in [2.75, 3.05) is 0 Å². The number of aromatic nitrogens is 3. The van der Waals surface area contributed by atoms with E-state index >= 15 is 0 Å². The van der Waals surface area contributed by atoms with Gasteiger partial charge in [-0.05, 0) is 42.0 Å². The Balaban J connectivity index is 1.79. The van der Waals surface area contributed by atoms with E-state index in [-0.39, 0.29) is 17.0 Å². The first-order chi connectivity index (χ1) is 13.4. The van der Waals surface area contributed by atoms with Crippen molar-refractivity contribution >= 4 is 17.5 Å². The van der Waals surface area contributed by atoms with Crippen LogP contribution in [0.15, 0.2) is 52.4 Å². The summed E-state index contributed by atoms with van der Waals surface area (Å²) >= 11 is 1.28. The molecule has 1 unspecified atom stereocenters. The van der Waals surface area contributed by atoms with E-state index in [0.717, 1.165) is 16.7 Å². The smallest absolute Gasteiger partial charge is 0.277 e. The van der Waals surface area contributed by atoms with Gasteiger partial charge in [-0.1, -0.05) is 57.7 Å². The van der Waals surface area contributed by atoms with Crippen LogP contribution in [0, 0.1) is 0 Å². The third-order valence-electron chi connectivity index (χ3n) is 4.59. The van der Waals surface area contributed by atoms with Crippen LogP contribution in [0.5, 0.6) is 0 Å². The first kappa shape index (κ1) is 20.3. The quantitative estimate of drug-likeness (QED) is 0.375. The largest absolute Gasteiger partial charge is 0.411 e. The van der Waals surface area contributed by atoms with Gasteiger partial charge in [-0.2, -0.15) is 0 Å². The highest BCUT2D eigenvalue weighted by Gasteiger charge is 2.23. The number of pyridine rings is 1. The second-order valence-corrected chi connectivity index (χ2v) is 8.69. The van der Waals surface area contributed by atoms with Crippen molar-refractivity contribution < 1.29 is 9.21 Å². The Kier molecular flexibility index (Phi) is 6.29. The molecule has 146 valence electrons. The fourth-order valence-corrected chi connectivity index (χ4v) is 3.68. The van der Waals surface area contributed by atoms with Crippen LogP contribution in [0.1, 0.15) is 67.9 Å². The zero-order valence-electron chi connectivity index (χ0n) is 16.8. The molecule has 0 amide bonds. The molecule has 0 bridgehead atoms. The number of carbonyl (C=O) groups is 1. The Labute approximate surface area is 170 Å². The summed E-state index contributed by atoms with van der Waals surface area (Å²) in [5.74, 6) is 1.18. The van der Waals surface area contributed by atoms with Crippen LogP contribution in [0.4, 0.5) is 0 Å². The van der Waals surface area contributed by atoms with Crippen molar-refractivity contribution in [1.29, 1.82) is 0 Å². The van der Waals surface area contributed by atoms with Gasteiger partial charge in [0.25, 0.3) is 5.22 Å². The number of Topliss-reactive ketones (excluding diaryl/α,β-unsaturated/α-hetero) is 1. The lowest BCUT2D eigenvalue weighted by Gasteiger charge is -2.17. The van der Waals surface area contributed by atoms with E-state index in [9.17, 15) is 4.79 Å². The molecule has 1 aromatic carbocycles. The predicted molar refractivity (Wildman–Crippen MR) is 112 cm³/mol. The van der Waals surface area contributed by atoms with Crippen LogP contribution in [0.2, 0.25) is 0 Å². The van der Waals surface area contributed by atoms with Crippen LogP contribution in [0.25, 0.3) is 11.5 Å². The van der Waals surface area contributed by atoms with Gasteiger partial charge in [-0.25, -0.2) is 0 Å². The molecule has 0 saturated carbocycles. The number of rotatable bonds is 7. The number of hydrogen-bond acceptors (Lipinski definition) is 6. The molecule has 5 nitrogen and oxygen atoms in total. The van der Waals surface area contributed by atoms with Gasteiger partial charge in [0.1, 0.15) is 0 Å². The molecule has 0 aliphatic heterocycles. The molecule has 0 aliphatic carbocycles. The molecule has 6 heteroatoms. The van der Waals surface area contributed by atoms with Crippen molar-refractivity contribution in [2.45, 2.75) is 56.9 Å². The van der Waals surface area contributed by atoms with Crippen molar-refractivity contribution in [3.8, 4) is 11.5 Å². The van der Waals surface area contributed by atoms with Gasteiger partial charge in [0.05, 0.1) is 10.8 Å². The topological polar surface area (TPSA) is 68.9 Å². The average Bonchev–Trinajstić information content (AvgIpc) is 3.16. The van der Waals surface area contributed by atoms with Gasteiger partial charge >= 0.3 is 0 Å². The summed E-state index contributed by atoms with van der Waals surface area (Å²) in [5.41, 5.74) is 3.86. The molecule has 0 saturated heterocycles. The molecule has 0 spiro atoms. The summed E-state index contributed by atoms with van der Waals surface area (Å²) in [7, 11) is 0. The van der Waals surface area contributed by atoms with E-state index in [1.165, 1.54) is 17.3 Å². The minimum absolute atomic E-state index is 0.0742. The number of benzene rings is 1. The van der Waals surface area contributed by atoms with Crippen molar-refractivity contribution in [1.82, 2.24) is 15.2 Å². The third kappa shape index (κ3) is 4.50. The van der Waals surface area contributed by atoms with E-state index in [4.69, 9.17) is 4.42 Å². The molecule has 2 aromatic heterocycles. The maximum absolute atomic E-state index is 13.1. The Morgan fingerprint density at radius 2 is 1.82 bits per heavy atom. The number of carbonyl (C=O) groups excluding carboxylic acids is 1. The highest BCUT2D eigenvalue weighted by Crippen LogP contribution is 2.31. The van der Waals surface area contributed by atoms with E-state index in [2.05, 4.69) is 48.9 Å². The van der Waals surface area contributed by atoms with Crippen molar-refractivity contribution in [3.05, 3.63) is 59.4 Å². The van der Waals surface area contributed by atoms with Gasteiger partial charge < -0.3 is 4.42 Å². The number of nitrogens with zero attached hydrogens (tertiary/aromatic N) is 3. The fraction of sp³-hybridized carbons (Fsp3) is 0.364. The lowest BCUT2D eigenvalue weighted by Crippen LogP contribution is -2.16. The second kappa shape index (κ2) is 8.69. The van der Waals surface area contributed by atoms with Crippen LogP contribution >= 0.6 is 11.8 Å². The van der Waals surface area contributed by atoms with Crippen LogP contribution in [-0.2, 0) is 0 Å². The molecular weight excluding hydrogens is 370 g/mol. The van der Waals surface area contributed by atoms with E-state index in [1.807, 2.05) is 31.2 Å². The first-order valence-electron chi connectivity index (χ1n) is 9.45. The molecule has 0 aliphatic rings. The third-order valence-corrected chi connectivity index (χ3v) is 5.53. The minimum Gasteiger partial charge on any atom is -0.411 e. The summed E-state index contributed by atoms with van der Waals surface area (Å²) in [6.07, 6.45) is 3.36. The van der Waals surface area contributed by atoms with Crippen LogP contribution in [-0.4, -0.2) is 26.2 Å². The van der Waals surface area contributed by atoms with Crippen LogP contribution < -0.4 is 0 Å². The molecule has 3 aromatic rings. The zero-order valence-corrected chi connectivity index (χ0v) is 17.7. The highest BCUT2D eigenvalue weighted by molar-refractivity contribution is 8.00. The van der Waals surface area contributed by atoms with E-state index < -0.39 is 0 Å². The minimum atomic E-state index is -0.329. The van der Waals surface area contributed by atoms with Gasteiger partial charge in [0, 0.05) is 18.0 Å². The van der Waals surface area contributed by atoms with Crippen molar-refractivity contribution in [3.63, 3.8) is 0 Å². The summed E-state index contributed by atoms with van der Waals surface area (Å²) in [4.78, 5) is 17.2. The standard InChI is InChI=1S/C22H25N3O2S/c1-13(2)16-8-9-18(19(11-16)14(3)4)20(26)15(5)28-22-25-24-21(27-22)17-7-6-10-23-12-17/h6-15H,1-5H3. The first-order valence-corrected chi connectivity index (χ1v) is 10.3. The SMILES string of the molecule is CC(Sc1nnc(-c2cccnc2)o1)C(=O)c1ccc(C(C)C)cc1C(C)C. The average molecular weight is 396 g/mol. The van der Waals surface area contributed by atoms with E-state index in [0.29, 0.717) is 17.0 Å². The fourth-order valence-electron chi connectivity index (χ4n) is 2.93. The molecule has 2 heterocycles. The van der Waals surface area contributed by atoms with Crippen molar-refractivity contribution in [2.24, 2.45) is 0 Å². The summed E-state index contributed by atoms with van der Waals surface area (Å²) in [5, 5.41) is 8.18. The molecule has 0 radical (unpaired) electrons. The highest BCUT2D eigenvalue weighted by atomic mass is 32.2. The molecule has 1 atom stereocenters. The van der Waals surface area contributed by atoms with Gasteiger partial charge in [0.15, 0.2) is 5.78 Å². The van der Waals surface area contributed by atoms with E-state index in [1.54, 1.807) is 12.4 Å². The van der Waals surface area contributed by atoms with Gasteiger partial charge in [0.2, 0.25) is 5.89 Å². The summed E-state index contributed by atoms with van der Waals surface area (Å²) in [6, 6.07) is 9.84. The number of hydrogen-bond donors (Lipinski definition) is 0. The summed E-state index contributed by atoms with van der Waals surface area (Å²) in [6.45, 7) is 10.4. The van der Waals surface area contributed by atoms with Gasteiger partial charge in [-0.15, -0.1) is 10.2 Å². The normalized spacial score (nSPS) is 12.5.